The highest BCUT2D eigenvalue weighted by Crippen LogP contribution is 2.16. The van der Waals surface area contributed by atoms with Gasteiger partial charge in [0, 0.05) is 30.9 Å². The van der Waals surface area contributed by atoms with E-state index in [4.69, 9.17) is 0 Å². The van der Waals surface area contributed by atoms with Gasteiger partial charge in [0.15, 0.2) is 0 Å². The van der Waals surface area contributed by atoms with Crippen LogP contribution >= 0.6 is 0 Å². The van der Waals surface area contributed by atoms with Gasteiger partial charge < -0.3 is 9.64 Å². The molecule has 1 aromatic heterocycles. The SMILES string of the molecule is CN(Cc1cnn(-c2ccccc2)c1)C(=O)c1ccc(COCC(F)(F)F)cc1. The quantitative estimate of drug-likeness (QED) is 0.593. The monoisotopic (exact) mass is 403 g/mol. The fourth-order valence-corrected chi connectivity index (χ4v) is 2.76. The molecule has 0 unspecified atom stereocenters. The van der Waals surface area contributed by atoms with Crippen molar-refractivity contribution in [1.82, 2.24) is 14.7 Å². The molecule has 0 spiro atoms. The molecule has 3 aromatic rings. The van der Waals surface area contributed by atoms with Gasteiger partial charge in [0.05, 0.1) is 18.5 Å². The summed E-state index contributed by atoms with van der Waals surface area (Å²) < 4.78 is 42.7. The zero-order valence-electron chi connectivity index (χ0n) is 15.8. The molecule has 29 heavy (non-hydrogen) atoms. The lowest BCUT2D eigenvalue weighted by Gasteiger charge is -2.16. The standard InChI is InChI=1S/C21H20F3N3O2/c1-26(12-17-11-25-27(13-17)19-5-3-2-4-6-19)20(28)18-9-7-16(8-10-18)14-29-15-21(22,23)24/h2-11,13H,12,14-15H2,1H3. The molecule has 0 N–H and O–H groups in total. The second-order valence-corrected chi connectivity index (χ2v) is 6.59. The normalized spacial score (nSPS) is 11.4. The van der Waals surface area contributed by atoms with E-state index in [0.717, 1.165) is 11.3 Å². The number of para-hydroxylation sites is 1. The molecule has 3 rings (SSSR count). The number of alkyl halides is 3. The minimum atomic E-state index is -4.35. The second kappa shape index (κ2) is 8.91. The Balaban J connectivity index is 1.57. The number of rotatable bonds is 7. The molecule has 0 saturated carbocycles. The van der Waals surface area contributed by atoms with Crippen LogP contribution in [0.2, 0.25) is 0 Å². The van der Waals surface area contributed by atoms with Crippen molar-refractivity contribution >= 4 is 5.91 Å². The maximum absolute atomic E-state index is 12.6. The molecule has 0 saturated heterocycles. The van der Waals surface area contributed by atoms with Crippen LogP contribution in [0.1, 0.15) is 21.5 Å². The topological polar surface area (TPSA) is 47.4 Å². The van der Waals surface area contributed by atoms with Crippen LogP contribution in [0.4, 0.5) is 13.2 Å². The Hall–Kier alpha value is -3.13. The largest absolute Gasteiger partial charge is 0.411 e. The van der Waals surface area contributed by atoms with Gasteiger partial charge in [-0.15, -0.1) is 0 Å². The van der Waals surface area contributed by atoms with Crippen LogP contribution in [0, 0.1) is 0 Å². The molecule has 0 atom stereocenters. The van der Waals surface area contributed by atoms with Gasteiger partial charge in [-0.05, 0) is 29.8 Å². The maximum atomic E-state index is 12.6. The summed E-state index contributed by atoms with van der Waals surface area (Å²) in [6.45, 7) is -1.09. The van der Waals surface area contributed by atoms with Crippen LogP contribution in [0.25, 0.3) is 5.69 Å². The molecule has 1 amide bonds. The molecule has 8 heteroatoms. The second-order valence-electron chi connectivity index (χ2n) is 6.59. The summed E-state index contributed by atoms with van der Waals surface area (Å²) in [5.74, 6) is -0.194. The predicted molar refractivity (Wildman–Crippen MR) is 102 cm³/mol. The highest BCUT2D eigenvalue weighted by molar-refractivity contribution is 5.94. The number of hydrogen-bond donors (Lipinski definition) is 0. The van der Waals surface area contributed by atoms with Crippen LogP contribution in [0.5, 0.6) is 0 Å². The lowest BCUT2D eigenvalue weighted by Crippen LogP contribution is -2.26. The number of amides is 1. The number of benzene rings is 2. The molecular formula is C21H20F3N3O2. The van der Waals surface area contributed by atoms with Crippen LogP contribution in [-0.2, 0) is 17.9 Å². The number of nitrogens with zero attached hydrogens (tertiary/aromatic N) is 3. The van der Waals surface area contributed by atoms with E-state index in [0.29, 0.717) is 17.7 Å². The van der Waals surface area contributed by atoms with E-state index >= 15 is 0 Å². The maximum Gasteiger partial charge on any atom is 0.411 e. The average molecular weight is 403 g/mol. The van der Waals surface area contributed by atoms with Crippen molar-refractivity contribution < 1.29 is 22.7 Å². The van der Waals surface area contributed by atoms with E-state index in [1.165, 1.54) is 0 Å². The number of halogens is 3. The van der Waals surface area contributed by atoms with E-state index in [1.807, 2.05) is 36.5 Å². The highest BCUT2D eigenvalue weighted by Gasteiger charge is 2.27. The van der Waals surface area contributed by atoms with E-state index in [2.05, 4.69) is 9.84 Å². The smallest absolute Gasteiger partial charge is 0.367 e. The van der Waals surface area contributed by atoms with Crippen molar-refractivity contribution in [1.29, 1.82) is 0 Å². The first-order valence-corrected chi connectivity index (χ1v) is 8.90. The Morgan fingerprint density at radius 2 is 1.76 bits per heavy atom. The van der Waals surface area contributed by atoms with E-state index in [9.17, 15) is 18.0 Å². The van der Waals surface area contributed by atoms with Crippen molar-refractivity contribution in [3.63, 3.8) is 0 Å². The van der Waals surface area contributed by atoms with Gasteiger partial charge in [0.2, 0.25) is 0 Å². The number of carbonyl (C=O) groups is 1. The summed E-state index contributed by atoms with van der Waals surface area (Å²) in [7, 11) is 1.68. The number of carbonyl (C=O) groups excluding carboxylic acids is 1. The van der Waals surface area contributed by atoms with Gasteiger partial charge in [-0.3, -0.25) is 4.79 Å². The summed E-state index contributed by atoms with van der Waals surface area (Å²) >= 11 is 0. The molecule has 2 aromatic carbocycles. The van der Waals surface area contributed by atoms with Crippen LogP contribution in [-0.4, -0.2) is 40.4 Å². The van der Waals surface area contributed by atoms with Gasteiger partial charge in [-0.2, -0.15) is 18.3 Å². The molecular weight excluding hydrogens is 383 g/mol. The third-order valence-corrected chi connectivity index (χ3v) is 4.16. The zero-order chi connectivity index (χ0) is 20.9. The molecule has 1 heterocycles. The third-order valence-electron chi connectivity index (χ3n) is 4.16. The van der Waals surface area contributed by atoms with Crippen molar-refractivity contribution in [2.75, 3.05) is 13.7 Å². The Labute approximate surface area is 166 Å². The van der Waals surface area contributed by atoms with Crippen LogP contribution < -0.4 is 0 Å². The van der Waals surface area contributed by atoms with Crippen molar-refractivity contribution in [3.8, 4) is 5.69 Å². The molecule has 5 nitrogen and oxygen atoms in total. The lowest BCUT2D eigenvalue weighted by molar-refractivity contribution is -0.176. The molecule has 0 radical (unpaired) electrons. The molecule has 0 fully saturated rings. The Kier molecular flexibility index (Phi) is 6.33. The number of aromatic nitrogens is 2. The number of hydrogen-bond acceptors (Lipinski definition) is 3. The highest BCUT2D eigenvalue weighted by atomic mass is 19.4. The van der Waals surface area contributed by atoms with Gasteiger partial charge in [0.25, 0.3) is 5.91 Å². The van der Waals surface area contributed by atoms with Crippen molar-refractivity contribution in [2.45, 2.75) is 19.3 Å². The Morgan fingerprint density at radius 3 is 2.41 bits per heavy atom. The Morgan fingerprint density at radius 1 is 1.07 bits per heavy atom. The van der Waals surface area contributed by atoms with Gasteiger partial charge in [-0.1, -0.05) is 30.3 Å². The van der Waals surface area contributed by atoms with Gasteiger partial charge >= 0.3 is 6.18 Å². The fraction of sp³-hybridized carbons (Fsp3) is 0.238. The minimum Gasteiger partial charge on any atom is -0.367 e. The van der Waals surface area contributed by atoms with E-state index in [-0.39, 0.29) is 12.5 Å². The number of ether oxygens (including phenoxy) is 1. The molecule has 0 aliphatic heterocycles. The molecule has 0 aliphatic rings. The molecule has 0 bridgehead atoms. The average Bonchev–Trinajstić information content (AvgIpc) is 3.16. The van der Waals surface area contributed by atoms with Crippen LogP contribution in [0.3, 0.4) is 0 Å². The first kappa shape index (κ1) is 20.6. The minimum absolute atomic E-state index is 0.164. The zero-order valence-corrected chi connectivity index (χ0v) is 15.8. The van der Waals surface area contributed by atoms with E-state index < -0.39 is 12.8 Å². The first-order valence-electron chi connectivity index (χ1n) is 8.90. The van der Waals surface area contributed by atoms with Crippen molar-refractivity contribution in [2.24, 2.45) is 0 Å². The molecule has 152 valence electrons. The summed E-state index contributed by atoms with van der Waals surface area (Å²) in [4.78, 5) is 14.2. The molecule has 0 aliphatic carbocycles. The van der Waals surface area contributed by atoms with E-state index in [1.54, 1.807) is 47.1 Å². The van der Waals surface area contributed by atoms with Crippen molar-refractivity contribution in [3.05, 3.63) is 83.7 Å². The predicted octanol–water partition coefficient (Wildman–Crippen LogP) is 4.22. The summed E-state index contributed by atoms with van der Waals surface area (Å²) in [6, 6.07) is 16.0. The fourth-order valence-electron chi connectivity index (χ4n) is 2.76. The summed E-state index contributed by atoms with van der Waals surface area (Å²) in [6.07, 6.45) is -0.787. The first-order chi connectivity index (χ1) is 13.8. The third kappa shape index (κ3) is 5.92. The van der Waals surface area contributed by atoms with Gasteiger partial charge in [0.1, 0.15) is 6.61 Å². The summed E-state index contributed by atoms with van der Waals surface area (Å²) in [5, 5.41) is 4.31. The Bertz CT molecular complexity index is 938. The van der Waals surface area contributed by atoms with Crippen LogP contribution in [0.15, 0.2) is 67.0 Å². The summed E-state index contributed by atoms with van der Waals surface area (Å²) in [5.41, 5.74) is 2.82. The lowest BCUT2D eigenvalue weighted by atomic mass is 10.1. The van der Waals surface area contributed by atoms with Gasteiger partial charge in [-0.25, -0.2) is 4.68 Å².